The molecule has 5 nitrogen and oxygen atoms in total. The molecule has 16 heavy (non-hydrogen) atoms. The lowest BCUT2D eigenvalue weighted by atomic mass is 10.3. The molecule has 2 aromatic rings. The molecule has 5 heteroatoms. The van der Waals surface area contributed by atoms with Crippen molar-refractivity contribution in [3.05, 3.63) is 18.2 Å². The topological polar surface area (TPSA) is 69.7 Å². The molecule has 0 radical (unpaired) electrons. The Hall–Kier alpha value is -1.75. The van der Waals surface area contributed by atoms with E-state index in [0.717, 1.165) is 13.0 Å². The number of phenolic OH excluding ortho intramolecular Hbond substituents is 1. The average Bonchev–Trinajstić information content (AvgIpc) is 2.83. The normalized spacial score (nSPS) is 20.8. The molecule has 1 aromatic heterocycles. The highest BCUT2D eigenvalue weighted by Crippen LogP contribution is 2.26. The van der Waals surface area contributed by atoms with Crippen molar-refractivity contribution in [1.29, 1.82) is 0 Å². The van der Waals surface area contributed by atoms with E-state index < -0.39 is 0 Å². The molecule has 0 bridgehead atoms. The van der Waals surface area contributed by atoms with Crippen molar-refractivity contribution in [2.24, 2.45) is 0 Å². The standard InChI is InChI=1S/C11H12N2O3/c14-7-1-2-9-10(5-7)16-11(12-9)13-4-3-8(15)6-13/h1-2,5,8,14-15H,3-4,6H2. The molecule has 1 saturated heterocycles. The van der Waals surface area contributed by atoms with Gasteiger partial charge in [0.25, 0.3) is 6.01 Å². The summed E-state index contributed by atoms with van der Waals surface area (Å²) in [6.07, 6.45) is 0.438. The SMILES string of the molecule is Oc1ccc2nc(N3CCC(O)C3)oc2c1. The highest BCUT2D eigenvalue weighted by Gasteiger charge is 2.24. The summed E-state index contributed by atoms with van der Waals surface area (Å²) in [7, 11) is 0. The van der Waals surface area contributed by atoms with Crippen molar-refractivity contribution in [3.63, 3.8) is 0 Å². The van der Waals surface area contributed by atoms with E-state index in [1.165, 1.54) is 0 Å². The average molecular weight is 220 g/mol. The van der Waals surface area contributed by atoms with Gasteiger partial charge in [0.15, 0.2) is 5.58 Å². The molecule has 2 N–H and O–H groups in total. The highest BCUT2D eigenvalue weighted by molar-refractivity contribution is 5.76. The van der Waals surface area contributed by atoms with Crippen molar-refractivity contribution in [3.8, 4) is 5.75 Å². The van der Waals surface area contributed by atoms with E-state index in [2.05, 4.69) is 4.98 Å². The van der Waals surface area contributed by atoms with E-state index >= 15 is 0 Å². The van der Waals surface area contributed by atoms with Crippen LogP contribution >= 0.6 is 0 Å². The second-order valence-electron chi connectivity index (χ2n) is 4.04. The van der Waals surface area contributed by atoms with Crippen molar-refractivity contribution in [2.75, 3.05) is 18.0 Å². The minimum Gasteiger partial charge on any atom is -0.508 e. The van der Waals surface area contributed by atoms with Crippen molar-refractivity contribution >= 4 is 17.1 Å². The fourth-order valence-electron chi connectivity index (χ4n) is 1.95. The van der Waals surface area contributed by atoms with Gasteiger partial charge in [0.05, 0.1) is 6.10 Å². The quantitative estimate of drug-likeness (QED) is 0.753. The second-order valence-corrected chi connectivity index (χ2v) is 4.04. The number of hydrogen-bond acceptors (Lipinski definition) is 5. The summed E-state index contributed by atoms with van der Waals surface area (Å²) in [6.45, 7) is 1.30. The lowest BCUT2D eigenvalue weighted by molar-refractivity contribution is 0.198. The predicted octanol–water partition coefficient (Wildman–Crippen LogP) is 1.10. The maximum atomic E-state index is 9.43. The number of hydrogen-bond donors (Lipinski definition) is 2. The minimum atomic E-state index is -0.302. The Bertz CT molecular complexity index is 523. The van der Waals surface area contributed by atoms with Crippen LogP contribution in [0.2, 0.25) is 0 Å². The monoisotopic (exact) mass is 220 g/mol. The van der Waals surface area contributed by atoms with Crippen LogP contribution in [0.1, 0.15) is 6.42 Å². The third kappa shape index (κ3) is 1.49. The van der Waals surface area contributed by atoms with Crippen LogP contribution in [0.15, 0.2) is 22.6 Å². The molecule has 1 aliphatic rings. The second kappa shape index (κ2) is 3.38. The number of oxazole rings is 1. The molecule has 2 heterocycles. The lowest BCUT2D eigenvalue weighted by Crippen LogP contribution is -2.21. The molecular weight excluding hydrogens is 208 g/mol. The number of aliphatic hydroxyl groups is 1. The number of benzene rings is 1. The van der Waals surface area contributed by atoms with Crippen molar-refractivity contribution < 1.29 is 14.6 Å². The summed E-state index contributed by atoms with van der Waals surface area (Å²) >= 11 is 0. The summed E-state index contributed by atoms with van der Waals surface area (Å²) in [5.41, 5.74) is 1.28. The van der Waals surface area contributed by atoms with Gasteiger partial charge in [-0.1, -0.05) is 0 Å². The van der Waals surface area contributed by atoms with Gasteiger partial charge in [0.2, 0.25) is 0 Å². The number of nitrogens with zero attached hydrogens (tertiary/aromatic N) is 2. The third-order valence-electron chi connectivity index (χ3n) is 2.79. The van der Waals surface area contributed by atoms with Crippen LogP contribution in [-0.2, 0) is 0 Å². The largest absolute Gasteiger partial charge is 0.508 e. The first-order valence-corrected chi connectivity index (χ1v) is 5.25. The van der Waals surface area contributed by atoms with Crippen LogP contribution in [0.3, 0.4) is 0 Å². The first kappa shape index (κ1) is 9.47. The lowest BCUT2D eigenvalue weighted by Gasteiger charge is -2.10. The Morgan fingerprint density at radius 1 is 1.44 bits per heavy atom. The molecule has 1 atom stereocenters. The smallest absolute Gasteiger partial charge is 0.298 e. The Balaban J connectivity index is 1.99. The van der Waals surface area contributed by atoms with Crippen LogP contribution < -0.4 is 4.90 Å². The van der Waals surface area contributed by atoms with Crippen LogP contribution in [0, 0.1) is 0 Å². The van der Waals surface area contributed by atoms with E-state index in [1.54, 1.807) is 18.2 Å². The number of aromatic hydroxyl groups is 1. The summed E-state index contributed by atoms with van der Waals surface area (Å²) in [4.78, 5) is 6.21. The molecule has 0 aliphatic carbocycles. The Kier molecular flexibility index (Phi) is 2.00. The zero-order chi connectivity index (χ0) is 11.1. The minimum absolute atomic E-state index is 0.164. The molecule has 3 rings (SSSR count). The van der Waals surface area contributed by atoms with Crippen LogP contribution in [0.4, 0.5) is 6.01 Å². The fraction of sp³-hybridized carbons (Fsp3) is 0.364. The van der Waals surface area contributed by atoms with Crippen molar-refractivity contribution in [2.45, 2.75) is 12.5 Å². The van der Waals surface area contributed by atoms with E-state index in [9.17, 15) is 10.2 Å². The van der Waals surface area contributed by atoms with Gasteiger partial charge in [0, 0.05) is 19.2 Å². The summed E-state index contributed by atoms with van der Waals surface area (Å²) in [5.74, 6) is 0.164. The summed E-state index contributed by atoms with van der Waals surface area (Å²) in [6, 6.07) is 5.34. The molecule has 1 fully saturated rings. The number of phenols is 1. The van der Waals surface area contributed by atoms with Gasteiger partial charge in [-0.25, -0.2) is 0 Å². The Morgan fingerprint density at radius 2 is 2.31 bits per heavy atom. The summed E-state index contributed by atoms with van der Waals surface area (Å²) in [5, 5.41) is 18.7. The molecule has 1 aromatic carbocycles. The molecule has 0 amide bonds. The molecule has 84 valence electrons. The number of aromatic nitrogens is 1. The third-order valence-corrected chi connectivity index (χ3v) is 2.79. The highest BCUT2D eigenvalue weighted by atomic mass is 16.4. The van der Waals surface area contributed by atoms with Gasteiger partial charge >= 0.3 is 0 Å². The molecule has 0 spiro atoms. The Labute approximate surface area is 91.9 Å². The zero-order valence-electron chi connectivity index (χ0n) is 8.63. The predicted molar refractivity (Wildman–Crippen MR) is 58.5 cm³/mol. The number of β-amino-alcohol motifs (C(OH)–C–C–N with tert-alkyl or cyclic N) is 1. The van der Waals surface area contributed by atoms with Crippen LogP contribution in [0.5, 0.6) is 5.75 Å². The number of anilines is 1. The van der Waals surface area contributed by atoms with Crippen LogP contribution in [-0.4, -0.2) is 34.4 Å². The van der Waals surface area contributed by atoms with Gasteiger partial charge in [-0.15, -0.1) is 0 Å². The molecule has 1 unspecified atom stereocenters. The van der Waals surface area contributed by atoms with Crippen LogP contribution in [0.25, 0.3) is 11.1 Å². The maximum absolute atomic E-state index is 9.43. The van der Waals surface area contributed by atoms with Gasteiger partial charge < -0.3 is 19.5 Å². The van der Waals surface area contributed by atoms with Gasteiger partial charge in [-0.2, -0.15) is 4.98 Å². The van der Waals surface area contributed by atoms with Gasteiger partial charge in [-0.05, 0) is 18.6 Å². The molecular formula is C11H12N2O3. The zero-order valence-corrected chi connectivity index (χ0v) is 8.63. The van der Waals surface area contributed by atoms with E-state index in [0.29, 0.717) is 23.7 Å². The maximum Gasteiger partial charge on any atom is 0.298 e. The number of aliphatic hydroxyl groups excluding tert-OH is 1. The molecule has 0 saturated carbocycles. The van der Waals surface area contributed by atoms with Gasteiger partial charge in [0.1, 0.15) is 11.3 Å². The summed E-state index contributed by atoms with van der Waals surface area (Å²) < 4.78 is 5.52. The molecule has 1 aliphatic heterocycles. The fourth-order valence-corrected chi connectivity index (χ4v) is 1.95. The first-order chi connectivity index (χ1) is 7.72. The van der Waals surface area contributed by atoms with E-state index in [1.807, 2.05) is 4.90 Å². The number of rotatable bonds is 1. The van der Waals surface area contributed by atoms with Crippen molar-refractivity contribution in [1.82, 2.24) is 4.98 Å². The van der Waals surface area contributed by atoms with E-state index in [4.69, 9.17) is 4.42 Å². The van der Waals surface area contributed by atoms with E-state index in [-0.39, 0.29) is 11.9 Å². The first-order valence-electron chi connectivity index (χ1n) is 5.25. The number of fused-ring (bicyclic) bond motifs is 1. The Morgan fingerprint density at radius 3 is 3.06 bits per heavy atom. The van der Waals surface area contributed by atoms with Gasteiger partial charge in [-0.3, -0.25) is 0 Å².